The molecule has 0 unspecified atom stereocenters. The van der Waals surface area contributed by atoms with Gasteiger partial charge in [-0.3, -0.25) is 14.5 Å². The highest BCUT2D eigenvalue weighted by Crippen LogP contribution is 2.29. The van der Waals surface area contributed by atoms with E-state index in [2.05, 4.69) is 9.88 Å². The Hall–Kier alpha value is -4.55. The molecule has 12 heteroatoms. The van der Waals surface area contributed by atoms with Crippen molar-refractivity contribution >= 4 is 55.5 Å². The average Bonchev–Trinajstić information content (AvgIpc) is 3.32. The first-order chi connectivity index (χ1) is 19.1. The molecule has 3 aromatic carbocycles. The van der Waals surface area contributed by atoms with Crippen molar-refractivity contribution in [2.24, 2.45) is 5.14 Å². The fraction of sp³-hybridized carbons (Fsp3) is 0.214. The number of amides is 2. The van der Waals surface area contributed by atoms with E-state index in [4.69, 9.17) is 15.6 Å². The Labute approximate surface area is 232 Å². The van der Waals surface area contributed by atoms with E-state index in [1.165, 1.54) is 24.0 Å². The summed E-state index contributed by atoms with van der Waals surface area (Å²) in [5.74, 6) is 0.287. The molecule has 0 atom stereocenters. The number of aromatic amines is 1. The number of fused-ring (bicyclic) bond motifs is 1. The van der Waals surface area contributed by atoms with Crippen LogP contribution in [-0.4, -0.2) is 62.9 Å². The summed E-state index contributed by atoms with van der Waals surface area (Å²) in [7, 11) is -3.83. The summed E-state index contributed by atoms with van der Waals surface area (Å²) in [5, 5.41) is 6.04. The van der Waals surface area contributed by atoms with Gasteiger partial charge in [-0.05, 0) is 66.7 Å². The third-order valence-corrected chi connectivity index (χ3v) is 7.82. The summed E-state index contributed by atoms with van der Waals surface area (Å²) >= 11 is 0. The van der Waals surface area contributed by atoms with E-state index in [0.717, 1.165) is 16.6 Å². The maximum atomic E-state index is 12.8. The van der Waals surface area contributed by atoms with Crippen LogP contribution in [0.1, 0.15) is 6.92 Å². The van der Waals surface area contributed by atoms with Crippen LogP contribution in [0.5, 0.6) is 5.75 Å². The number of carbonyl (C=O) groups is 2. The van der Waals surface area contributed by atoms with Gasteiger partial charge < -0.3 is 25.3 Å². The van der Waals surface area contributed by atoms with E-state index in [9.17, 15) is 18.0 Å². The molecule has 0 bridgehead atoms. The van der Waals surface area contributed by atoms with Gasteiger partial charge in [0.2, 0.25) is 15.9 Å². The molecule has 1 aliphatic heterocycles. The van der Waals surface area contributed by atoms with Gasteiger partial charge in [-0.2, -0.15) is 0 Å². The molecule has 11 nitrogen and oxygen atoms in total. The van der Waals surface area contributed by atoms with Gasteiger partial charge in [0.05, 0.1) is 10.6 Å². The lowest BCUT2D eigenvalue weighted by Gasteiger charge is -2.36. The second-order valence-corrected chi connectivity index (χ2v) is 11.1. The van der Waals surface area contributed by atoms with Gasteiger partial charge in [-0.25, -0.2) is 13.6 Å². The number of nitrogens with two attached hydrogens (primary N) is 2. The Balaban J connectivity index is 1.18. The molecule has 0 saturated carbocycles. The third kappa shape index (κ3) is 5.72. The van der Waals surface area contributed by atoms with Crippen LogP contribution in [0.4, 0.5) is 22.7 Å². The molecule has 0 aliphatic carbocycles. The molecule has 0 spiro atoms. The maximum absolute atomic E-state index is 12.8. The topological polar surface area (TPSA) is 155 Å². The number of nitrogens with zero attached hydrogens (tertiary/aromatic N) is 3. The minimum absolute atomic E-state index is 0.0253. The summed E-state index contributed by atoms with van der Waals surface area (Å²) in [6.07, 6.45) is 1.73. The zero-order valence-corrected chi connectivity index (χ0v) is 22.7. The zero-order valence-electron chi connectivity index (χ0n) is 21.9. The van der Waals surface area contributed by atoms with Gasteiger partial charge in [-0.1, -0.05) is 0 Å². The van der Waals surface area contributed by atoms with E-state index in [-0.39, 0.29) is 23.3 Å². The molecule has 2 amide bonds. The first kappa shape index (κ1) is 27.0. The Morgan fingerprint density at radius 2 is 1.57 bits per heavy atom. The summed E-state index contributed by atoms with van der Waals surface area (Å²) < 4.78 is 28.8. The van der Waals surface area contributed by atoms with Crippen LogP contribution in [0, 0.1) is 0 Å². The fourth-order valence-corrected chi connectivity index (χ4v) is 5.29. The predicted molar refractivity (Wildman–Crippen MR) is 154 cm³/mol. The Morgan fingerprint density at radius 1 is 0.950 bits per heavy atom. The van der Waals surface area contributed by atoms with Crippen LogP contribution in [0.3, 0.4) is 0 Å². The van der Waals surface area contributed by atoms with Crippen molar-refractivity contribution in [2.75, 3.05) is 48.3 Å². The highest BCUT2D eigenvalue weighted by molar-refractivity contribution is 7.89. The molecule has 0 radical (unpaired) electrons. The van der Waals surface area contributed by atoms with Gasteiger partial charge in [0.25, 0.3) is 5.91 Å². The molecule has 5 rings (SSSR count). The second kappa shape index (κ2) is 10.9. The lowest BCUT2D eigenvalue weighted by molar-refractivity contribution is -0.133. The zero-order chi connectivity index (χ0) is 28.4. The number of benzene rings is 3. The second-order valence-electron chi connectivity index (χ2n) is 9.52. The largest absolute Gasteiger partial charge is 0.484 e. The van der Waals surface area contributed by atoms with Crippen molar-refractivity contribution in [1.82, 2.24) is 9.88 Å². The lowest BCUT2D eigenvalue weighted by Crippen LogP contribution is -2.50. The molecule has 1 saturated heterocycles. The number of anilines is 4. The normalized spacial score (nSPS) is 13.8. The Kier molecular flexibility index (Phi) is 7.37. The first-order valence-electron chi connectivity index (χ1n) is 12.7. The van der Waals surface area contributed by atoms with Gasteiger partial charge in [0, 0.05) is 67.3 Å². The molecule has 4 aromatic rings. The van der Waals surface area contributed by atoms with Crippen LogP contribution < -0.4 is 25.4 Å². The molecule has 208 valence electrons. The summed E-state index contributed by atoms with van der Waals surface area (Å²) in [6.45, 7) is 3.82. The molecule has 1 aromatic heterocycles. The molecule has 40 heavy (non-hydrogen) atoms. The standard InChI is InChI=1S/C28H30N6O5S/c1-19(35)34(22-6-9-24(10-7-22)40(30,37)38)21-4-2-20(3-5-21)32-12-14-33(15-13-32)28(36)18-39-23-8-11-27-25(16-23)26(29)17-31-27/h2-11,16-17,31H,12-15,18,29H2,1H3,(H2,30,37,38). The molecule has 5 N–H and O–H groups in total. The molecule has 1 aliphatic rings. The van der Waals surface area contributed by atoms with E-state index >= 15 is 0 Å². The SMILES string of the molecule is CC(=O)N(c1ccc(N2CCN(C(=O)COc3ccc4[nH]cc(N)c4c3)CC2)cc1)c1ccc(S(N)(=O)=O)cc1. The number of ether oxygens (including phenoxy) is 1. The van der Waals surface area contributed by atoms with E-state index in [1.807, 2.05) is 36.4 Å². The minimum atomic E-state index is -3.83. The smallest absolute Gasteiger partial charge is 0.260 e. The summed E-state index contributed by atoms with van der Waals surface area (Å²) in [4.78, 5) is 33.7. The van der Waals surface area contributed by atoms with Gasteiger partial charge in [0.1, 0.15) is 5.75 Å². The highest BCUT2D eigenvalue weighted by atomic mass is 32.2. The van der Waals surface area contributed by atoms with Crippen molar-refractivity contribution < 1.29 is 22.7 Å². The van der Waals surface area contributed by atoms with Crippen molar-refractivity contribution in [3.8, 4) is 5.75 Å². The number of hydrogen-bond donors (Lipinski definition) is 3. The molecular weight excluding hydrogens is 532 g/mol. The predicted octanol–water partition coefficient (Wildman–Crippen LogP) is 2.81. The van der Waals surface area contributed by atoms with Crippen LogP contribution in [0.25, 0.3) is 10.9 Å². The fourth-order valence-electron chi connectivity index (χ4n) is 4.77. The van der Waals surface area contributed by atoms with E-state index in [0.29, 0.717) is 49.0 Å². The number of nitrogens with one attached hydrogen (secondary N) is 1. The monoisotopic (exact) mass is 562 g/mol. The number of piperazine rings is 1. The number of sulfonamides is 1. The van der Waals surface area contributed by atoms with E-state index in [1.54, 1.807) is 29.3 Å². The highest BCUT2D eigenvalue weighted by Gasteiger charge is 2.22. The quantitative estimate of drug-likeness (QED) is 0.313. The Bertz CT molecular complexity index is 1640. The van der Waals surface area contributed by atoms with Crippen molar-refractivity contribution in [2.45, 2.75) is 11.8 Å². The molecule has 1 fully saturated rings. The number of nitrogen functional groups attached to an aromatic ring is 1. The first-order valence-corrected chi connectivity index (χ1v) is 14.2. The number of H-pyrrole nitrogens is 1. The van der Waals surface area contributed by atoms with Crippen LogP contribution in [0.2, 0.25) is 0 Å². The Morgan fingerprint density at radius 3 is 2.17 bits per heavy atom. The molecular formula is C28H30N6O5S. The van der Waals surface area contributed by atoms with Gasteiger partial charge >= 0.3 is 0 Å². The van der Waals surface area contributed by atoms with E-state index < -0.39 is 10.0 Å². The van der Waals surface area contributed by atoms with Gasteiger partial charge in [-0.15, -0.1) is 0 Å². The average molecular weight is 563 g/mol. The third-order valence-electron chi connectivity index (χ3n) is 6.89. The number of primary sulfonamides is 1. The molecule has 2 heterocycles. The summed E-state index contributed by atoms with van der Waals surface area (Å²) in [5.41, 5.74) is 9.63. The van der Waals surface area contributed by atoms with Gasteiger partial charge in [0.15, 0.2) is 6.61 Å². The number of rotatable bonds is 7. The summed E-state index contributed by atoms with van der Waals surface area (Å²) in [6, 6.07) is 18.9. The number of hydrogen-bond acceptors (Lipinski definition) is 7. The van der Waals surface area contributed by atoms with Crippen molar-refractivity contribution in [1.29, 1.82) is 0 Å². The lowest BCUT2D eigenvalue weighted by atomic mass is 10.2. The van der Waals surface area contributed by atoms with Crippen molar-refractivity contribution in [3.05, 3.63) is 72.9 Å². The maximum Gasteiger partial charge on any atom is 0.260 e. The minimum Gasteiger partial charge on any atom is -0.484 e. The number of carbonyl (C=O) groups excluding carboxylic acids is 2. The van der Waals surface area contributed by atoms with Crippen LogP contribution in [0.15, 0.2) is 77.8 Å². The number of aromatic nitrogens is 1. The van der Waals surface area contributed by atoms with Crippen LogP contribution >= 0.6 is 0 Å². The van der Waals surface area contributed by atoms with Crippen LogP contribution in [-0.2, 0) is 19.6 Å². The van der Waals surface area contributed by atoms with Crippen molar-refractivity contribution in [3.63, 3.8) is 0 Å².